The molecule has 102 valence electrons. The number of esters is 1. The normalized spacial score (nSPS) is 11.2. The third kappa shape index (κ3) is 7.04. The van der Waals surface area contributed by atoms with Crippen LogP contribution < -0.4 is 10.6 Å². The molecule has 0 fully saturated rings. The predicted molar refractivity (Wildman–Crippen MR) is 56.8 cm³/mol. The Balaban J connectivity index is 4.06. The first-order valence-corrected chi connectivity index (χ1v) is 4.92. The highest BCUT2D eigenvalue weighted by Crippen LogP contribution is 1.92. The number of hydrogen-bond acceptors (Lipinski definition) is 5. The minimum Gasteiger partial charge on any atom is -0.481 e. The molecule has 0 aliphatic heterocycles. The number of hydrogen-bond donors (Lipinski definition) is 4. The molecule has 1 unspecified atom stereocenters. The molecule has 0 spiro atoms. The summed E-state index contributed by atoms with van der Waals surface area (Å²) in [6, 6.07) is -2.40. The van der Waals surface area contributed by atoms with Crippen molar-refractivity contribution in [3.63, 3.8) is 0 Å². The van der Waals surface area contributed by atoms with Crippen molar-refractivity contribution in [3.8, 4) is 0 Å². The number of rotatable bonds is 7. The van der Waals surface area contributed by atoms with E-state index in [1.54, 1.807) is 0 Å². The Hall–Kier alpha value is -2.32. The molecule has 1 atom stereocenters. The molecule has 0 radical (unpaired) electrons. The van der Waals surface area contributed by atoms with Crippen molar-refractivity contribution in [1.29, 1.82) is 0 Å². The Labute approximate surface area is 102 Å². The van der Waals surface area contributed by atoms with Crippen molar-refractivity contribution in [1.82, 2.24) is 10.6 Å². The van der Waals surface area contributed by atoms with E-state index < -0.39 is 36.4 Å². The SMILES string of the molecule is COC(=O)CCNC(=O)NC(CC(=O)O)C(=O)O. The molecule has 2 amide bonds. The Morgan fingerprint density at radius 2 is 1.83 bits per heavy atom. The van der Waals surface area contributed by atoms with Gasteiger partial charge in [-0.2, -0.15) is 0 Å². The molecular formula is C9H14N2O7. The molecule has 0 aliphatic carbocycles. The summed E-state index contributed by atoms with van der Waals surface area (Å²) in [6.45, 7) is -0.0437. The minimum atomic E-state index is -1.53. The van der Waals surface area contributed by atoms with Crippen LogP contribution in [0.2, 0.25) is 0 Å². The fraction of sp³-hybridized carbons (Fsp3) is 0.556. The molecule has 0 rings (SSSR count). The number of aliphatic carboxylic acids is 2. The first-order valence-electron chi connectivity index (χ1n) is 4.92. The van der Waals surface area contributed by atoms with E-state index in [2.05, 4.69) is 10.1 Å². The maximum atomic E-state index is 11.2. The van der Waals surface area contributed by atoms with Crippen molar-refractivity contribution < 1.29 is 34.1 Å². The fourth-order valence-electron chi connectivity index (χ4n) is 0.964. The van der Waals surface area contributed by atoms with Gasteiger partial charge in [-0.1, -0.05) is 0 Å². The number of amides is 2. The van der Waals surface area contributed by atoms with Crippen LogP contribution in [-0.2, 0) is 19.1 Å². The van der Waals surface area contributed by atoms with Crippen LogP contribution in [0.1, 0.15) is 12.8 Å². The number of carbonyl (C=O) groups excluding carboxylic acids is 2. The number of carboxylic acid groups (broad SMARTS) is 2. The van der Waals surface area contributed by atoms with Gasteiger partial charge >= 0.3 is 23.9 Å². The second-order valence-electron chi connectivity index (χ2n) is 3.22. The second-order valence-corrected chi connectivity index (χ2v) is 3.22. The van der Waals surface area contributed by atoms with Gasteiger partial charge in [-0.25, -0.2) is 9.59 Å². The van der Waals surface area contributed by atoms with Gasteiger partial charge in [0.25, 0.3) is 0 Å². The van der Waals surface area contributed by atoms with Crippen LogP contribution in [0, 0.1) is 0 Å². The molecule has 9 heteroatoms. The Morgan fingerprint density at radius 3 is 2.28 bits per heavy atom. The summed E-state index contributed by atoms with van der Waals surface area (Å²) in [4.78, 5) is 42.8. The van der Waals surface area contributed by atoms with Crippen LogP contribution in [0.3, 0.4) is 0 Å². The lowest BCUT2D eigenvalue weighted by Crippen LogP contribution is -2.47. The van der Waals surface area contributed by atoms with Gasteiger partial charge in [-0.3, -0.25) is 9.59 Å². The van der Waals surface area contributed by atoms with Crippen LogP contribution in [-0.4, -0.2) is 53.8 Å². The molecule has 4 N–H and O–H groups in total. The van der Waals surface area contributed by atoms with Crippen molar-refractivity contribution in [2.45, 2.75) is 18.9 Å². The van der Waals surface area contributed by atoms with E-state index in [-0.39, 0.29) is 13.0 Å². The number of carboxylic acids is 2. The Morgan fingerprint density at radius 1 is 1.22 bits per heavy atom. The van der Waals surface area contributed by atoms with E-state index in [1.165, 1.54) is 7.11 Å². The summed E-state index contributed by atoms with van der Waals surface area (Å²) in [7, 11) is 1.19. The third-order valence-electron chi connectivity index (χ3n) is 1.82. The molecule has 9 nitrogen and oxygen atoms in total. The second kappa shape index (κ2) is 7.87. The number of ether oxygens (including phenoxy) is 1. The zero-order valence-corrected chi connectivity index (χ0v) is 9.63. The summed E-state index contributed by atoms with van der Waals surface area (Å²) in [5.41, 5.74) is 0. The van der Waals surface area contributed by atoms with Crippen LogP contribution >= 0.6 is 0 Å². The van der Waals surface area contributed by atoms with E-state index in [0.717, 1.165) is 0 Å². The smallest absolute Gasteiger partial charge is 0.326 e. The maximum Gasteiger partial charge on any atom is 0.326 e. The average molecular weight is 262 g/mol. The van der Waals surface area contributed by atoms with E-state index in [4.69, 9.17) is 10.2 Å². The van der Waals surface area contributed by atoms with Crippen molar-refractivity contribution in [2.75, 3.05) is 13.7 Å². The number of methoxy groups -OCH3 is 1. The lowest BCUT2D eigenvalue weighted by Gasteiger charge is -2.12. The van der Waals surface area contributed by atoms with Gasteiger partial charge in [0.15, 0.2) is 0 Å². The Bertz CT molecular complexity index is 342. The molecule has 0 aromatic rings. The highest BCUT2D eigenvalue weighted by Gasteiger charge is 2.22. The molecule has 18 heavy (non-hydrogen) atoms. The molecular weight excluding hydrogens is 248 g/mol. The van der Waals surface area contributed by atoms with Crippen LogP contribution in [0.25, 0.3) is 0 Å². The molecule has 0 saturated carbocycles. The molecule has 0 aromatic carbocycles. The minimum absolute atomic E-state index is 0.0437. The summed E-state index contributed by atoms with van der Waals surface area (Å²) in [5, 5.41) is 21.2. The first-order chi connectivity index (χ1) is 8.36. The van der Waals surface area contributed by atoms with Crippen LogP contribution in [0.4, 0.5) is 4.79 Å². The summed E-state index contributed by atoms with van der Waals surface area (Å²) >= 11 is 0. The van der Waals surface area contributed by atoms with Crippen molar-refractivity contribution in [3.05, 3.63) is 0 Å². The van der Waals surface area contributed by atoms with Crippen LogP contribution in [0.15, 0.2) is 0 Å². The van der Waals surface area contributed by atoms with Gasteiger partial charge < -0.3 is 25.6 Å². The number of urea groups is 1. The van der Waals surface area contributed by atoms with E-state index >= 15 is 0 Å². The van der Waals surface area contributed by atoms with Gasteiger partial charge in [-0.15, -0.1) is 0 Å². The number of nitrogens with one attached hydrogen (secondary N) is 2. The van der Waals surface area contributed by atoms with Gasteiger partial charge in [0.1, 0.15) is 6.04 Å². The first kappa shape index (κ1) is 15.7. The molecule has 0 aliphatic rings. The topological polar surface area (TPSA) is 142 Å². The molecule has 0 saturated heterocycles. The summed E-state index contributed by atoms with van der Waals surface area (Å²) in [5.74, 6) is -3.34. The zero-order chi connectivity index (χ0) is 14.1. The van der Waals surface area contributed by atoms with Crippen molar-refractivity contribution in [2.24, 2.45) is 0 Å². The quantitative estimate of drug-likeness (QED) is 0.421. The Kier molecular flexibility index (Phi) is 6.86. The van der Waals surface area contributed by atoms with Gasteiger partial charge in [0.05, 0.1) is 20.0 Å². The highest BCUT2D eigenvalue weighted by atomic mass is 16.5. The maximum absolute atomic E-state index is 11.2. The highest BCUT2D eigenvalue weighted by molar-refractivity contribution is 5.86. The van der Waals surface area contributed by atoms with Gasteiger partial charge in [0, 0.05) is 6.54 Å². The van der Waals surface area contributed by atoms with E-state index in [1.807, 2.05) is 5.32 Å². The third-order valence-corrected chi connectivity index (χ3v) is 1.82. The lowest BCUT2D eigenvalue weighted by molar-refractivity contribution is -0.145. The zero-order valence-electron chi connectivity index (χ0n) is 9.63. The predicted octanol–water partition coefficient (Wildman–Crippen LogP) is -1.22. The lowest BCUT2D eigenvalue weighted by atomic mass is 10.2. The summed E-state index contributed by atoms with van der Waals surface area (Å²) in [6.07, 6.45) is -0.805. The molecule has 0 heterocycles. The average Bonchev–Trinajstić information content (AvgIpc) is 2.27. The largest absolute Gasteiger partial charge is 0.481 e. The molecule has 0 bridgehead atoms. The fourth-order valence-corrected chi connectivity index (χ4v) is 0.964. The molecule has 0 aromatic heterocycles. The number of carbonyl (C=O) groups is 4. The van der Waals surface area contributed by atoms with Gasteiger partial charge in [-0.05, 0) is 0 Å². The van der Waals surface area contributed by atoms with E-state index in [9.17, 15) is 19.2 Å². The summed E-state index contributed by atoms with van der Waals surface area (Å²) < 4.78 is 4.32. The van der Waals surface area contributed by atoms with E-state index in [0.29, 0.717) is 0 Å². The standard InChI is InChI=1S/C9H14N2O7/c1-18-7(14)2-3-10-9(17)11-5(8(15)16)4-6(12)13/h5H,2-4H2,1H3,(H,12,13)(H,15,16)(H2,10,11,17). The monoisotopic (exact) mass is 262 g/mol. The van der Waals surface area contributed by atoms with Gasteiger partial charge in [0.2, 0.25) is 0 Å². The van der Waals surface area contributed by atoms with Crippen LogP contribution in [0.5, 0.6) is 0 Å². The van der Waals surface area contributed by atoms with Crippen molar-refractivity contribution >= 4 is 23.9 Å².